The van der Waals surface area contributed by atoms with Crippen LogP contribution in [0, 0.1) is 0 Å². The van der Waals surface area contributed by atoms with Crippen molar-refractivity contribution in [3.8, 4) is 0 Å². The van der Waals surface area contributed by atoms with Gasteiger partial charge in [0, 0.05) is 18.1 Å². The van der Waals surface area contributed by atoms with Gasteiger partial charge in [-0.05, 0) is 24.4 Å². The van der Waals surface area contributed by atoms with Crippen molar-refractivity contribution >= 4 is 38.8 Å². The molecule has 2 aromatic rings. The van der Waals surface area contributed by atoms with E-state index in [9.17, 15) is 8.42 Å². The minimum absolute atomic E-state index is 0.0254. The summed E-state index contributed by atoms with van der Waals surface area (Å²) in [6.07, 6.45) is 1.23. The SMILES string of the molecule is CC(c1cccs1)N(C)S(=O)(=O)c1cnc(NN)c(Cl)c1. The number of nitrogens with two attached hydrogens (primary N) is 1. The zero-order valence-corrected chi connectivity index (χ0v) is 13.8. The zero-order valence-electron chi connectivity index (χ0n) is 11.4. The van der Waals surface area contributed by atoms with Crippen LogP contribution in [-0.4, -0.2) is 24.8 Å². The van der Waals surface area contributed by atoms with Gasteiger partial charge in [-0.15, -0.1) is 11.3 Å². The quantitative estimate of drug-likeness (QED) is 0.641. The zero-order chi connectivity index (χ0) is 15.6. The van der Waals surface area contributed by atoms with E-state index in [1.165, 1.54) is 35.0 Å². The maximum atomic E-state index is 12.6. The van der Waals surface area contributed by atoms with Gasteiger partial charge in [0.05, 0.1) is 11.1 Å². The van der Waals surface area contributed by atoms with E-state index in [0.717, 1.165) is 4.88 Å². The predicted molar refractivity (Wildman–Crippen MR) is 84.7 cm³/mol. The molecule has 0 amide bonds. The molecular formula is C12H15ClN4O2S2. The van der Waals surface area contributed by atoms with Crippen LogP contribution in [-0.2, 0) is 10.0 Å². The average molecular weight is 347 g/mol. The number of anilines is 1. The van der Waals surface area contributed by atoms with Crippen molar-refractivity contribution in [3.63, 3.8) is 0 Å². The summed E-state index contributed by atoms with van der Waals surface area (Å²) in [5, 5.41) is 2.06. The van der Waals surface area contributed by atoms with Gasteiger partial charge in [-0.2, -0.15) is 4.31 Å². The number of aromatic nitrogens is 1. The van der Waals surface area contributed by atoms with Crippen LogP contribution >= 0.6 is 22.9 Å². The summed E-state index contributed by atoms with van der Waals surface area (Å²) in [4.78, 5) is 4.88. The average Bonchev–Trinajstić information content (AvgIpc) is 2.99. The third kappa shape index (κ3) is 3.19. The summed E-state index contributed by atoms with van der Waals surface area (Å²) >= 11 is 7.44. The van der Waals surface area contributed by atoms with E-state index in [0.29, 0.717) is 0 Å². The van der Waals surface area contributed by atoms with Gasteiger partial charge in [0.2, 0.25) is 10.0 Å². The van der Waals surface area contributed by atoms with Crippen LogP contribution in [0.1, 0.15) is 17.8 Å². The van der Waals surface area contributed by atoms with Gasteiger partial charge in [0.1, 0.15) is 4.90 Å². The number of nitrogens with one attached hydrogen (secondary N) is 1. The summed E-state index contributed by atoms with van der Waals surface area (Å²) < 4.78 is 26.5. The first kappa shape index (κ1) is 16.2. The first-order valence-electron chi connectivity index (χ1n) is 6.01. The van der Waals surface area contributed by atoms with Gasteiger partial charge in [-0.3, -0.25) is 0 Å². The van der Waals surface area contributed by atoms with Gasteiger partial charge in [0.25, 0.3) is 0 Å². The van der Waals surface area contributed by atoms with Crippen LogP contribution in [0.15, 0.2) is 34.7 Å². The standard InChI is InChI=1S/C12H15ClN4O2S2/c1-8(11-4-3-5-20-11)17(2)21(18,19)9-6-10(13)12(16-14)15-7-9/h3-8H,14H2,1-2H3,(H,15,16). The molecular weight excluding hydrogens is 332 g/mol. The normalized spacial score (nSPS) is 13.4. The number of halogens is 1. The number of rotatable bonds is 5. The molecule has 1 unspecified atom stereocenters. The molecule has 0 aromatic carbocycles. The van der Waals surface area contributed by atoms with Crippen LogP contribution in [0.5, 0.6) is 0 Å². The molecule has 3 N–H and O–H groups in total. The largest absolute Gasteiger partial charge is 0.307 e. The van der Waals surface area contributed by atoms with Crippen LogP contribution in [0.3, 0.4) is 0 Å². The number of hydrogen-bond donors (Lipinski definition) is 2. The number of nitrogen functional groups attached to an aromatic ring is 1. The highest BCUT2D eigenvalue weighted by Crippen LogP contribution is 2.30. The van der Waals surface area contributed by atoms with Crippen molar-refractivity contribution in [1.82, 2.24) is 9.29 Å². The lowest BCUT2D eigenvalue weighted by Crippen LogP contribution is -2.29. The second-order valence-electron chi connectivity index (χ2n) is 4.36. The molecule has 6 nitrogen and oxygen atoms in total. The minimum Gasteiger partial charge on any atom is -0.307 e. The molecule has 0 bridgehead atoms. The topological polar surface area (TPSA) is 88.3 Å². The monoisotopic (exact) mass is 346 g/mol. The molecule has 2 heterocycles. The minimum atomic E-state index is -3.69. The Bertz CT molecular complexity index is 719. The number of sulfonamides is 1. The first-order valence-corrected chi connectivity index (χ1v) is 8.71. The summed E-state index contributed by atoms with van der Waals surface area (Å²) in [5.74, 6) is 5.45. The van der Waals surface area contributed by atoms with Crippen LogP contribution in [0.2, 0.25) is 5.02 Å². The number of hydrazine groups is 1. The Labute approximate surface area is 132 Å². The van der Waals surface area contributed by atoms with Crippen LogP contribution in [0.25, 0.3) is 0 Å². The Kier molecular flexibility index (Phi) is 4.84. The highest BCUT2D eigenvalue weighted by Gasteiger charge is 2.27. The second-order valence-corrected chi connectivity index (χ2v) is 7.74. The van der Waals surface area contributed by atoms with Crippen LogP contribution in [0.4, 0.5) is 5.82 Å². The molecule has 0 spiro atoms. The van der Waals surface area contributed by atoms with Gasteiger partial charge >= 0.3 is 0 Å². The maximum absolute atomic E-state index is 12.6. The molecule has 2 rings (SSSR count). The molecule has 1 atom stereocenters. The van der Waals surface area contributed by atoms with E-state index < -0.39 is 10.0 Å². The molecule has 0 radical (unpaired) electrons. The van der Waals surface area contributed by atoms with E-state index in [1.54, 1.807) is 0 Å². The Morgan fingerprint density at radius 1 is 1.52 bits per heavy atom. The molecule has 0 aliphatic rings. The fraction of sp³-hybridized carbons (Fsp3) is 0.250. The van der Waals surface area contributed by atoms with E-state index in [4.69, 9.17) is 17.4 Å². The number of nitrogens with zero attached hydrogens (tertiary/aromatic N) is 2. The van der Waals surface area contributed by atoms with Gasteiger partial charge in [0.15, 0.2) is 5.82 Å². The fourth-order valence-corrected chi connectivity index (χ4v) is 4.24. The third-order valence-corrected chi connectivity index (χ3v) is 6.35. The number of pyridine rings is 1. The highest BCUT2D eigenvalue weighted by molar-refractivity contribution is 7.89. The molecule has 0 saturated heterocycles. The first-order chi connectivity index (χ1) is 9.87. The lowest BCUT2D eigenvalue weighted by atomic mass is 10.3. The third-order valence-electron chi connectivity index (χ3n) is 3.13. The second kappa shape index (κ2) is 6.29. The molecule has 9 heteroatoms. The lowest BCUT2D eigenvalue weighted by Gasteiger charge is -2.23. The van der Waals surface area contributed by atoms with Gasteiger partial charge in [-0.25, -0.2) is 19.2 Å². The van der Waals surface area contributed by atoms with E-state index >= 15 is 0 Å². The van der Waals surface area contributed by atoms with Crippen LogP contribution < -0.4 is 11.3 Å². The van der Waals surface area contributed by atoms with Crippen molar-refractivity contribution in [2.75, 3.05) is 12.5 Å². The summed E-state index contributed by atoms with van der Waals surface area (Å²) in [5.41, 5.74) is 2.30. The summed E-state index contributed by atoms with van der Waals surface area (Å²) in [6.45, 7) is 1.83. The van der Waals surface area contributed by atoms with Crippen molar-refractivity contribution in [2.24, 2.45) is 5.84 Å². The number of hydrogen-bond acceptors (Lipinski definition) is 6. The highest BCUT2D eigenvalue weighted by atomic mass is 35.5. The van der Waals surface area contributed by atoms with Crippen molar-refractivity contribution in [1.29, 1.82) is 0 Å². The molecule has 2 aromatic heterocycles. The van der Waals surface area contributed by atoms with Crippen molar-refractivity contribution in [2.45, 2.75) is 17.9 Å². The fourth-order valence-electron chi connectivity index (χ4n) is 1.75. The van der Waals surface area contributed by atoms with Gasteiger partial charge < -0.3 is 5.43 Å². The van der Waals surface area contributed by atoms with Crippen molar-refractivity contribution in [3.05, 3.63) is 39.7 Å². The van der Waals surface area contributed by atoms with Gasteiger partial charge in [-0.1, -0.05) is 17.7 Å². The smallest absolute Gasteiger partial charge is 0.244 e. The van der Waals surface area contributed by atoms with E-state index in [-0.39, 0.29) is 21.8 Å². The molecule has 21 heavy (non-hydrogen) atoms. The Balaban J connectivity index is 2.35. The molecule has 0 aliphatic heterocycles. The summed E-state index contributed by atoms with van der Waals surface area (Å²) in [7, 11) is -2.16. The Morgan fingerprint density at radius 2 is 2.24 bits per heavy atom. The molecule has 0 saturated carbocycles. The molecule has 0 aliphatic carbocycles. The molecule has 114 valence electrons. The number of thiophene rings is 1. The van der Waals surface area contributed by atoms with Crippen molar-refractivity contribution < 1.29 is 8.42 Å². The predicted octanol–water partition coefficient (Wildman–Crippen LogP) is 2.46. The molecule has 0 fully saturated rings. The Morgan fingerprint density at radius 3 is 2.76 bits per heavy atom. The summed E-state index contributed by atoms with van der Waals surface area (Å²) in [6, 6.07) is 4.84. The Hall–Kier alpha value is -1.19. The lowest BCUT2D eigenvalue weighted by molar-refractivity contribution is 0.402. The van der Waals surface area contributed by atoms with E-state index in [1.807, 2.05) is 24.4 Å². The maximum Gasteiger partial charge on any atom is 0.244 e. The van der Waals surface area contributed by atoms with E-state index in [2.05, 4.69) is 10.4 Å².